The molecule has 0 bridgehead atoms. The molecule has 1 aliphatic rings. The van der Waals surface area contributed by atoms with Crippen LogP contribution in [0.25, 0.3) is 0 Å². The average molecular weight is 222 g/mol. The SMILES string of the molecule is CN1CCCC1CNCc1ccc(F)cc1. The fraction of sp³-hybridized carbons (Fsp3) is 0.538. The maximum atomic E-state index is 12.7. The summed E-state index contributed by atoms with van der Waals surface area (Å²) >= 11 is 0. The van der Waals surface area contributed by atoms with Crippen molar-refractivity contribution < 1.29 is 4.39 Å². The first-order valence-electron chi connectivity index (χ1n) is 5.91. The van der Waals surface area contributed by atoms with Gasteiger partial charge in [-0.25, -0.2) is 4.39 Å². The molecule has 1 unspecified atom stereocenters. The van der Waals surface area contributed by atoms with E-state index in [1.807, 2.05) is 12.1 Å². The van der Waals surface area contributed by atoms with Gasteiger partial charge in [0, 0.05) is 19.1 Å². The minimum Gasteiger partial charge on any atom is -0.311 e. The van der Waals surface area contributed by atoms with Gasteiger partial charge in [0.15, 0.2) is 0 Å². The predicted molar refractivity (Wildman–Crippen MR) is 63.8 cm³/mol. The Morgan fingerprint density at radius 2 is 2.12 bits per heavy atom. The first-order chi connectivity index (χ1) is 7.75. The maximum absolute atomic E-state index is 12.7. The Bertz CT molecular complexity index is 323. The quantitative estimate of drug-likeness (QED) is 0.838. The molecule has 0 aliphatic carbocycles. The topological polar surface area (TPSA) is 15.3 Å². The van der Waals surface area contributed by atoms with Gasteiger partial charge in [-0.15, -0.1) is 0 Å². The molecular formula is C13H19FN2. The van der Waals surface area contributed by atoms with E-state index in [0.717, 1.165) is 18.7 Å². The predicted octanol–water partition coefficient (Wildman–Crippen LogP) is 2.01. The highest BCUT2D eigenvalue weighted by Gasteiger charge is 2.19. The van der Waals surface area contributed by atoms with E-state index in [-0.39, 0.29) is 5.82 Å². The maximum Gasteiger partial charge on any atom is 0.123 e. The van der Waals surface area contributed by atoms with E-state index in [0.29, 0.717) is 6.04 Å². The molecule has 0 saturated carbocycles. The molecule has 1 fully saturated rings. The van der Waals surface area contributed by atoms with E-state index < -0.39 is 0 Å². The lowest BCUT2D eigenvalue weighted by Crippen LogP contribution is -2.35. The number of rotatable bonds is 4. The van der Waals surface area contributed by atoms with Crippen LogP contribution in [0.15, 0.2) is 24.3 Å². The molecule has 1 heterocycles. The van der Waals surface area contributed by atoms with Gasteiger partial charge in [0.2, 0.25) is 0 Å². The lowest BCUT2D eigenvalue weighted by molar-refractivity contribution is 0.300. The van der Waals surface area contributed by atoms with Crippen LogP contribution in [0.2, 0.25) is 0 Å². The van der Waals surface area contributed by atoms with Gasteiger partial charge < -0.3 is 10.2 Å². The van der Waals surface area contributed by atoms with Crippen molar-refractivity contribution in [3.8, 4) is 0 Å². The molecule has 0 aromatic heterocycles. The van der Waals surface area contributed by atoms with Crippen molar-refractivity contribution in [2.75, 3.05) is 20.1 Å². The van der Waals surface area contributed by atoms with Crippen LogP contribution in [0, 0.1) is 5.82 Å². The Hall–Kier alpha value is -0.930. The standard InChI is InChI=1S/C13H19FN2/c1-16-8-2-3-13(16)10-15-9-11-4-6-12(14)7-5-11/h4-7,13,15H,2-3,8-10H2,1H3. The Labute approximate surface area is 96.5 Å². The number of benzene rings is 1. The first kappa shape index (κ1) is 11.6. The van der Waals surface area contributed by atoms with Crippen molar-refractivity contribution in [3.63, 3.8) is 0 Å². The molecule has 1 saturated heterocycles. The second-order valence-corrected chi connectivity index (χ2v) is 4.53. The number of nitrogens with one attached hydrogen (secondary N) is 1. The molecule has 1 aliphatic heterocycles. The summed E-state index contributed by atoms with van der Waals surface area (Å²) in [6, 6.07) is 7.36. The van der Waals surface area contributed by atoms with E-state index in [2.05, 4.69) is 17.3 Å². The van der Waals surface area contributed by atoms with Crippen molar-refractivity contribution in [3.05, 3.63) is 35.6 Å². The second-order valence-electron chi connectivity index (χ2n) is 4.53. The zero-order valence-corrected chi connectivity index (χ0v) is 9.75. The van der Waals surface area contributed by atoms with Crippen LogP contribution in [-0.2, 0) is 6.54 Å². The Balaban J connectivity index is 1.73. The monoisotopic (exact) mass is 222 g/mol. The molecule has 1 atom stereocenters. The van der Waals surface area contributed by atoms with Gasteiger partial charge in [-0.3, -0.25) is 0 Å². The third kappa shape index (κ3) is 3.03. The van der Waals surface area contributed by atoms with Crippen LogP contribution >= 0.6 is 0 Å². The summed E-state index contributed by atoms with van der Waals surface area (Å²) in [5, 5.41) is 3.43. The van der Waals surface area contributed by atoms with Crippen molar-refractivity contribution in [2.45, 2.75) is 25.4 Å². The van der Waals surface area contributed by atoms with Crippen LogP contribution in [0.4, 0.5) is 4.39 Å². The number of likely N-dealkylation sites (tertiary alicyclic amines) is 1. The fourth-order valence-electron chi connectivity index (χ4n) is 2.22. The number of likely N-dealkylation sites (N-methyl/N-ethyl adjacent to an activating group) is 1. The van der Waals surface area contributed by atoms with E-state index in [9.17, 15) is 4.39 Å². The summed E-state index contributed by atoms with van der Waals surface area (Å²) in [5.74, 6) is -0.167. The van der Waals surface area contributed by atoms with Gasteiger partial charge in [-0.1, -0.05) is 12.1 Å². The normalized spacial score (nSPS) is 21.5. The lowest BCUT2D eigenvalue weighted by atomic mass is 10.2. The van der Waals surface area contributed by atoms with Crippen molar-refractivity contribution >= 4 is 0 Å². The van der Waals surface area contributed by atoms with Gasteiger partial charge in [-0.2, -0.15) is 0 Å². The van der Waals surface area contributed by atoms with Crippen molar-refractivity contribution in [1.82, 2.24) is 10.2 Å². The Morgan fingerprint density at radius 3 is 2.75 bits per heavy atom. The zero-order chi connectivity index (χ0) is 11.4. The minimum absolute atomic E-state index is 0.167. The smallest absolute Gasteiger partial charge is 0.123 e. The molecule has 2 rings (SSSR count). The molecule has 0 radical (unpaired) electrons. The van der Waals surface area contributed by atoms with E-state index in [1.54, 1.807) is 0 Å². The van der Waals surface area contributed by atoms with Gasteiger partial charge in [0.05, 0.1) is 0 Å². The third-order valence-electron chi connectivity index (χ3n) is 3.29. The number of nitrogens with zero attached hydrogens (tertiary/aromatic N) is 1. The minimum atomic E-state index is -0.167. The Kier molecular flexibility index (Phi) is 3.91. The summed E-state index contributed by atoms with van der Waals surface area (Å²) in [4.78, 5) is 2.40. The van der Waals surface area contributed by atoms with Crippen LogP contribution in [0.3, 0.4) is 0 Å². The summed E-state index contributed by atoms with van der Waals surface area (Å²) in [7, 11) is 2.18. The second kappa shape index (κ2) is 5.41. The molecule has 1 aromatic rings. The third-order valence-corrected chi connectivity index (χ3v) is 3.29. The molecule has 0 spiro atoms. The lowest BCUT2D eigenvalue weighted by Gasteiger charge is -2.19. The van der Waals surface area contributed by atoms with Gasteiger partial charge in [0.1, 0.15) is 5.82 Å². The van der Waals surface area contributed by atoms with E-state index in [4.69, 9.17) is 0 Å². The van der Waals surface area contributed by atoms with Gasteiger partial charge >= 0.3 is 0 Å². The molecule has 0 amide bonds. The first-order valence-corrected chi connectivity index (χ1v) is 5.91. The van der Waals surface area contributed by atoms with Crippen molar-refractivity contribution in [2.24, 2.45) is 0 Å². The van der Waals surface area contributed by atoms with E-state index in [1.165, 1.54) is 31.5 Å². The van der Waals surface area contributed by atoms with Gasteiger partial charge in [-0.05, 0) is 44.1 Å². The van der Waals surface area contributed by atoms with E-state index >= 15 is 0 Å². The number of hydrogen-bond acceptors (Lipinski definition) is 2. The largest absolute Gasteiger partial charge is 0.311 e. The fourth-order valence-corrected chi connectivity index (χ4v) is 2.22. The summed E-state index contributed by atoms with van der Waals surface area (Å²) in [5.41, 5.74) is 1.14. The highest BCUT2D eigenvalue weighted by Crippen LogP contribution is 2.13. The number of halogens is 1. The van der Waals surface area contributed by atoms with Crippen LogP contribution in [0.1, 0.15) is 18.4 Å². The number of hydrogen-bond donors (Lipinski definition) is 1. The molecular weight excluding hydrogens is 203 g/mol. The van der Waals surface area contributed by atoms with Crippen LogP contribution < -0.4 is 5.32 Å². The molecule has 2 nitrogen and oxygen atoms in total. The summed E-state index contributed by atoms with van der Waals surface area (Å²) in [6.45, 7) is 3.06. The van der Waals surface area contributed by atoms with Crippen molar-refractivity contribution in [1.29, 1.82) is 0 Å². The van der Waals surface area contributed by atoms with Gasteiger partial charge in [0.25, 0.3) is 0 Å². The molecule has 16 heavy (non-hydrogen) atoms. The summed E-state index contributed by atoms with van der Waals surface area (Å²) in [6.07, 6.45) is 2.59. The highest BCUT2D eigenvalue weighted by atomic mass is 19.1. The molecule has 3 heteroatoms. The molecule has 1 aromatic carbocycles. The molecule has 88 valence electrons. The van der Waals surface area contributed by atoms with Crippen LogP contribution in [-0.4, -0.2) is 31.1 Å². The highest BCUT2D eigenvalue weighted by molar-refractivity contribution is 5.15. The average Bonchev–Trinajstić information content (AvgIpc) is 2.68. The Morgan fingerprint density at radius 1 is 1.38 bits per heavy atom. The van der Waals surface area contributed by atoms with Crippen LogP contribution in [0.5, 0.6) is 0 Å². The molecule has 1 N–H and O–H groups in total. The zero-order valence-electron chi connectivity index (χ0n) is 9.75. The summed E-state index contributed by atoms with van der Waals surface area (Å²) < 4.78 is 12.7.